The summed E-state index contributed by atoms with van der Waals surface area (Å²) in [5.41, 5.74) is 1.38. The molecule has 1 amide bonds. The summed E-state index contributed by atoms with van der Waals surface area (Å²) in [6.45, 7) is 1.98. The molecule has 3 aromatic rings. The van der Waals surface area contributed by atoms with Crippen molar-refractivity contribution in [1.29, 1.82) is 0 Å². The third-order valence-electron chi connectivity index (χ3n) is 3.76. The minimum atomic E-state index is -4.22. The summed E-state index contributed by atoms with van der Waals surface area (Å²) in [7, 11) is -0.459. The second kappa shape index (κ2) is 7.28. The number of furan rings is 1. The number of rotatable bonds is 6. The summed E-state index contributed by atoms with van der Waals surface area (Å²) in [4.78, 5) is 18.1. The van der Waals surface area contributed by atoms with Crippen molar-refractivity contribution in [2.45, 2.75) is 11.9 Å². The number of amides is 1. The molecule has 1 aromatic carbocycles. The lowest BCUT2D eigenvalue weighted by Gasteiger charge is -2.11. The number of fused-ring (bicyclic) bond motifs is 1. The number of sulfonamides is 1. The Hall–Kier alpha value is -3.07. The van der Waals surface area contributed by atoms with Crippen LogP contribution in [-0.2, 0) is 10.0 Å². The van der Waals surface area contributed by atoms with Gasteiger partial charge in [-0.05, 0) is 37.3 Å². The molecule has 8 nitrogen and oxygen atoms in total. The summed E-state index contributed by atoms with van der Waals surface area (Å²) in [5.74, 6) is -0.926. The fourth-order valence-corrected chi connectivity index (χ4v) is 3.51. The number of benzene rings is 1. The number of anilines is 1. The van der Waals surface area contributed by atoms with E-state index in [2.05, 4.69) is 4.98 Å². The number of hydrogen-bond donors (Lipinski definition) is 1. The molecule has 0 saturated heterocycles. The normalized spacial score (nSPS) is 11.4. The highest BCUT2D eigenvalue weighted by Crippen LogP contribution is 2.25. The summed E-state index contributed by atoms with van der Waals surface area (Å²) in [6.07, 6.45) is 1.31. The first kappa shape index (κ1) is 18.7. The van der Waals surface area contributed by atoms with Crippen LogP contribution in [-0.4, -0.2) is 40.0 Å². The predicted molar refractivity (Wildman–Crippen MR) is 101 cm³/mol. The van der Waals surface area contributed by atoms with Crippen molar-refractivity contribution in [1.82, 2.24) is 9.71 Å². The molecule has 0 aliphatic heterocycles. The van der Waals surface area contributed by atoms with Crippen molar-refractivity contribution in [2.24, 2.45) is 0 Å². The van der Waals surface area contributed by atoms with E-state index in [1.165, 1.54) is 18.3 Å². The molecular formula is C18H19N3O5S. The van der Waals surface area contributed by atoms with Gasteiger partial charge in [0.15, 0.2) is 11.5 Å². The zero-order valence-corrected chi connectivity index (χ0v) is 15.9. The monoisotopic (exact) mass is 389 g/mol. The van der Waals surface area contributed by atoms with Crippen LogP contribution in [0.3, 0.4) is 0 Å². The first-order valence-electron chi connectivity index (χ1n) is 8.17. The van der Waals surface area contributed by atoms with E-state index in [9.17, 15) is 13.2 Å². The van der Waals surface area contributed by atoms with E-state index in [1.807, 2.05) is 29.8 Å². The molecule has 0 unspecified atom stereocenters. The molecule has 0 radical (unpaired) electrons. The average Bonchev–Trinajstić information content (AvgIpc) is 3.05. The molecule has 2 heterocycles. The second-order valence-corrected chi connectivity index (χ2v) is 7.50. The fourth-order valence-electron chi connectivity index (χ4n) is 2.47. The summed E-state index contributed by atoms with van der Waals surface area (Å²) in [5, 5.41) is 0.335. The fraction of sp³-hybridized carbons (Fsp3) is 0.222. The highest BCUT2D eigenvalue weighted by molar-refractivity contribution is 7.90. The van der Waals surface area contributed by atoms with Gasteiger partial charge >= 0.3 is 5.91 Å². The standard InChI is InChI=1S/C18H19N3O5S/c1-4-25-14-6-5-9-19-18(14)27(23,24)20-17(22)16-10-12-7-8-13(21(2)3)11-15(12)26-16/h5-11H,4H2,1-3H3,(H,20,22). The highest BCUT2D eigenvalue weighted by Gasteiger charge is 2.26. The van der Waals surface area contributed by atoms with E-state index in [0.717, 1.165) is 5.69 Å². The Bertz CT molecular complexity index is 1090. The molecule has 3 rings (SSSR count). The molecule has 9 heteroatoms. The SMILES string of the molecule is CCOc1cccnc1S(=O)(=O)NC(=O)c1cc2ccc(N(C)C)cc2o1. The number of carbonyl (C=O) groups is 1. The largest absolute Gasteiger partial charge is 0.491 e. The van der Waals surface area contributed by atoms with Crippen LogP contribution in [0.4, 0.5) is 5.69 Å². The number of nitrogens with zero attached hydrogens (tertiary/aromatic N) is 2. The first-order valence-corrected chi connectivity index (χ1v) is 9.66. The lowest BCUT2D eigenvalue weighted by Crippen LogP contribution is -2.31. The van der Waals surface area contributed by atoms with E-state index in [4.69, 9.17) is 9.15 Å². The molecule has 1 N–H and O–H groups in total. The average molecular weight is 389 g/mol. The van der Waals surface area contributed by atoms with E-state index in [-0.39, 0.29) is 23.1 Å². The molecule has 27 heavy (non-hydrogen) atoms. The summed E-state index contributed by atoms with van der Waals surface area (Å²) in [6, 6.07) is 9.95. The Morgan fingerprint density at radius 1 is 1.26 bits per heavy atom. The number of nitrogens with one attached hydrogen (secondary N) is 1. The molecule has 0 fully saturated rings. The van der Waals surface area contributed by atoms with Crippen molar-refractivity contribution in [3.63, 3.8) is 0 Å². The second-order valence-electron chi connectivity index (χ2n) is 5.90. The molecular weight excluding hydrogens is 370 g/mol. The molecule has 0 aliphatic carbocycles. The Labute approximate surface area is 156 Å². The van der Waals surface area contributed by atoms with Crippen LogP contribution in [0.15, 0.2) is 52.0 Å². The van der Waals surface area contributed by atoms with Crippen molar-refractivity contribution >= 4 is 32.6 Å². The third kappa shape index (κ3) is 3.87. The maximum atomic E-state index is 12.5. The minimum absolute atomic E-state index is 0.0699. The smallest absolute Gasteiger partial charge is 0.300 e. The number of pyridine rings is 1. The number of ether oxygens (including phenoxy) is 1. The van der Waals surface area contributed by atoms with Gasteiger partial charge in [0.05, 0.1) is 6.61 Å². The number of aromatic nitrogens is 1. The van der Waals surface area contributed by atoms with E-state index < -0.39 is 15.9 Å². The van der Waals surface area contributed by atoms with Gasteiger partial charge in [-0.3, -0.25) is 4.79 Å². The number of hydrogen-bond acceptors (Lipinski definition) is 7. The minimum Gasteiger partial charge on any atom is -0.491 e. The third-order valence-corrected chi connectivity index (χ3v) is 5.03. The summed E-state index contributed by atoms with van der Waals surface area (Å²) >= 11 is 0. The molecule has 0 bridgehead atoms. The van der Waals surface area contributed by atoms with Gasteiger partial charge in [0.1, 0.15) is 5.58 Å². The molecule has 0 spiro atoms. The van der Waals surface area contributed by atoms with E-state index in [1.54, 1.807) is 25.1 Å². The lowest BCUT2D eigenvalue weighted by atomic mass is 10.2. The highest BCUT2D eigenvalue weighted by atomic mass is 32.2. The van der Waals surface area contributed by atoms with Gasteiger partial charge < -0.3 is 14.1 Å². The van der Waals surface area contributed by atoms with Crippen molar-refractivity contribution in [2.75, 3.05) is 25.6 Å². The maximum absolute atomic E-state index is 12.5. The molecule has 0 aliphatic rings. The van der Waals surface area contributed by atoms with Gasteiger partial charge in [-0.2, -0.15) is 8.42 Å². The molecule has 0 saturated carbocycles. The van der Waals surface area contributed by atoms with E-state index >= 15 is 0 Å². The Morgan fingerprint density at radius 2 is 2.04 bits per heavy atom. The van der Waals surface area contributed by atoms with Gasteiger partial charge in [-0.1, -0.05) is 0 Å². The summed E-state index contributed by atoms with van der Waals surface area (Å²) < 4.78 is 37.9. The van der Waals surface area contributed by atoms with Gasteiger partial charge in [0, 0.05) is 37.4 Å². The first-order chi connectivity index (χ1) is 12.8. The van der Waals surface area contributed by atoms with Gasteiger partial charge in [-0.25, -0.2) is 9.71 Å². The van der Waals surface area contributed by atoms with Crippen molar-refractivity contribution in [3.8, 4) is 5.75 Å². The van der Waals surface area contributed by atoms with Crippen LogP contribution in [0.5, 0.6) is 5.75 Å². The van der Waals surface area contributed by atoms with Crippen LogP contribution in [0.25, 0.3) is 11.0 Å². The zero-order chi connectivity index (χ0) is 19.6. The van der Waals surface area contributed by atoms with Crippen LogP contribution >= 0.6 is 0 Å². The van der Waals surface area contributed by atoms with Gasteiger partial charge in [0.2, 0.25) is 5.03 Å². The van der Waals surface area contributed by atoms with Crippen molar-refractivity contribution < 1.29 is 22.4 Å². The molecule has 2 aromatic heterocycles. The van der Waals surface area contributed by atoms with Crippen molar-refractivity contribution in [3.05, 3.63) is 48.4 Å². The van der Waals surface area contributed by atoms with Crippen LogP contribution in [0.1, 0.15) is 17.5 Å². The van der Waals surface area contributed by atoms with Gasteiger partial charge in [0.25, 0.3) is 10.0 Å². The maximum Gasteiger partial charge on any atom is 0.300 e. The zero-order valence-electron chi connectivity index (χ0n) is 15.1. The lowest BCUT2D eigenvalue weighted by molar-refractivity contribution is 0.0956. The van der Waals surface area contributed by atoms with Gasteiger partial charge in [-0.15, -0.1) is 0 Å². The van der Waals surface area contributed by atoms with Crippen LogP contribution in [0, 0.1) is 0 Å². The molecule has 0 atom stereocenters. The van der Waals surface area contributed by atoms with E-state index in [0.29, 0.717) is 11.0 Å². The Morgan fingerprint density at radius 3 is 2.74 bits per heavy atom. The Balaban J connectivity index is 1.89. The topological polar surface area (TPSA) is 102 Å². The Kier molecular flexibility index (Phi) is 5.04. The quantitative estimate of drug-likeness (QED) is 0.691. The van der Waals surface area contributed by atoms with Crippen LogP contribution in [0.2, 0.25) is 0 Å². The predicted octanol–water partition coefficient (Wildman–Crippen LogP) is 2.41. The molecule has 142 valence electrons. The number of carbonyl (C=O) groups excluding carboxylic acids is 1. The van der Waals surface area contributed by atoms with Crippen LogP contribution < -0.4 is 14.4 Å².